The summed E-state index contributed by atoms with van der Waals surface area (Å²) in [7, 11) is 0. The molecule has 0 aliphatic rings. The molecule has 0 aromatic rings. The standard InChI is InChI=1S/C11H24N2O2/c1-9(2)13-11(14)5-6-12-7-8-15-10(3)4/h9-10,12H,5-8H2,1-4H3,(H,13,14). The van der Waals surface area contributed by atoms with E-state index >= 15 is 0 Å². The van der Waals surface area contributed by atoms with Gasteiger partial charge in [-0.3, -0.25) is 4.79 Å². The summed E-state index contributed by atoms with van der Waals surface area (Å²) in [5.74, 6) is 0.0993. The third-order valence-electron chi connectivity index (χ3n) is 1.71. The number of hydrogen-bond donors (Lipinski definition) is 2. The van der Waals surface area contributed by atoms with Gasteiger partial charge >= 0.3 is 0 Å². The quantitative estimate of drug-likeness (QED) is 0.593. The predicted octanol–water partition coefficient (Wildman–Crippen LogP) is 0.916. The molecule has 0 radical (unpaired) electrons. The van der Waals surface area contributed by atoms with E-state index in [4.69, 9.17) is 4.74 Å². The molecule has 4 nitrogen and oxygen atoms in total. The molecule has 0 aliphatic carbocycles. The Hall–Kier alpha value is -0.610. The highest BCUT2D eigenvalue weighted by Gasteiger charge is 2.01. The second-order valence-corrected chi connectivity index (χ2v) is 4.14. The molecule has 0 fully saturated rings. The highest BCUT2D eigenvalue weighted by atomic mass is 16.5. The molecule has 0 saturated carbocycles. The molecule has 90 valence electrons. The molecule has 0 rings (SSSR count). The van der Waals surface area contributed by atoms with Crippen molar-refractivity contribution in [3.05, 3.63) is 0 Å². The third-order valence-corrected chi connectivity index (χ3v) is 1.71. The van der Waals surface area contributed by atoms with E-state index in [1.165, 1.54) is 0 Å². The summed E-state index contributed by atoms with van der Waals surface area (Å²) < 4.78 is 5.35. The Morgan fingerprint density at radius 2 is 1.87 bits per heavy atom. The van der Waals surface area contributed by atoms with Gasteiger partial charge in [-0.25, -0.2) is 0 Å². The van der Waals surface area contributed by atoms with E-state index < -0.39 is 0 Å². The Kier molecular flexibility index (Phi) is 8.33. The molecule has 0 aliphatic heterocycles. The van der Waals surface area contributed by atoms with Gasteiger partial charge in [-0.1, -0.05) is 0 Å². The lowest BCUT2D eigenvalue weighted by Gasteiger charge is -2.10. The maximum absolute atomic E-state index is 11.2. The number of amides is 1. The van der Waals surface area contributed by atoms with E-state index in [1.807, 2.05) is 27.7 Å². The second kappa shape index (κ2) is 8.68. The zero-order valence-corrected chi connectivity index (χ0v) is 10.3. The van der Waals surface area contributed by atoms with Crippen molar-refractivity contribution >= 4 is 5.91 Å². The van der Waals surface area contributed by atoms with Gasteiger partial charge in [0.15, 0.2) is 0 Å². The SMILES string of the molecule is CC(C)NC(=O)CCNCCOC(C)C. The molecule has 0 heterocycles. The summed E-state index contributed by atoms with van der Waals surface area (Å²) >= 11 is 0. The minimum absolute atomic E-state index is 0.0993. The van der Waals surface area contributed by atoms with Crippen LogP contribution in [0.5, 0.6) is 0 Å². The number of carbonyl (C=O) groups is 1. The van der Waals surface area contributed by atoms with Crippen LogP contribution in [0.4, 0.5) is 0 Å². The average molecular weight is 216 g/mol. The van der Waals surface area contributed by atoms with Crippen molar-refractivity contribution in [2.24, 2.45) is 0 Å². The fraction of sp³-hybridized carbons (Fsp3) is 0.909. The van der Waals surface area contributed by atoms with E-state index in [1.54, 1.807) is 0 Å². The molecule has 0 aromatic carbocycles. The van der Waals surface area contributed by atoms with Crippen molar-refractivity contribution in [2.75, 3.05) is 19.7 Å². The largest absolute Gasteiger partial charge is 0.377 e. The average Bonchev–Trinajstić information content (AvgIpc) is 2.09. The van der Waals surface area contributed by atoms with Gasteiger partial charge in [0.25, 0.3) is 0 Å². The number of ether oxygens (including phenoxy) is 1. The van der Waals surface area contributed by atoms with Crippen molar-refractivity contribution in [2.45, 2.75) is 46.3 Å². The highest BCUT2D eigenvalue weighted by molar-refractivity contribution is 5.76. The van der Waals surface area contributed by atoms with Crippen molar-refractivity contribution in [3.63, 3.8) is 0 Å². The molecule has 0 saturated heterocycles. The Morgan fingerprint density at radius 3 is 2.40 bits per heavy atom. The van der Waals surface area contributed by atoms with E-state index in [9.17, 15) is 4.79 Å². The van der Waals surface area contributed by atoms with Gasteiger partial charge in [0, 0.05) is 25.6 Å². The van der Waals surface area contributed by atoms with Crippen LogP contribution in [-0.4, -0.2) is 37.7 Å². The Morgan fingerprint density at radius 1 is 1.20 bits per heavy atom. The maximum Gasteiger partial charge on any atom is 0.221 e. The minimum atomic E-state index is 0.0993. The maximum atomic E-state index is 11.2. The number of hydrogen-bond acceptors (Lipinski definition) is 3. The van der Waals surface area contributed by atoms with Crippen LogP contribution in [0.25, 0.3) is 0 Å². The van der Waals surface area contributed by atoms with Gasteiger partial charge in [0.2, 0.25) is 5.91 Å². The highest BCUT2D eigenvalue weighted by Crippen LogP contribution is 1.85. The molecule has 0 atom stereocenters. The van der Waals surface area contributed by atoms with Gasteiger partial charge in [-0.15, -0.1) is 0 Å². The fourth-order valence-electron chi connectivity index (χ4n) is 1.09. The Labute approximate surface area is 92.8 Å². The summed E-state index contributed by atoms with van der Waals surface area (Å²) in [5, 5.41) is 6.00. The minimum Gasteiger partial charge on any atom is -0.377 e. The zero-order valence-electron chi connectivity index (χ0n) is 10.3. The van der Waals surface area contributed by atoms with Crippen LogP contribution in [0.15, 0.2) is 0 Å². The molecular weight excluding hydrogens is 192 g/mol. The first kappa shape index (κ1) is 14.4. The molecule has 4 heteroatoms. The smallest absolute Gasteiger partial charge is 0.221 e. The monoisotopic (exact) mass is 216 g/mol. The van der Waals surface area contributed by atoms with Crippen molar-refractivity contribution in [1.29, 1.82) is 0 Å². The molecule has 0 aromatic heterocycles. The lowest BCUT2D eigenvalue weighted by atomic mass is 10.3. The Bertz CT molecular complexity index is 170. The second-order valence-electron chi connectivity index (χ2n) is 4.14. The van der Waals surface area contributed by atoms with E-state index in [2.05, 4.69) is 10.6 Å². The van der Waals surface area contributed by atoms with Gasteiger partial charge in [0.05, 0.1) is 12.7 Å². The van der Waals surface area contributed by atoms with Crippen LogP contribution >= 0.6 is 0 Å². The molecule has 2 N–H and O–H groups in total. The van der Waals surface area contributed by atoms with E-state index in [-0.39, 0.29) is 18.1 Å². The van der Waals surface area contributed by atoms with Crippen LogP contribution in [0.1, 0.15) is 34.1 Å². The van der Waals surface area contributed by atoms with Crippen LogP contribution in [0, 0.1) is 0 Å². The normalized spacial score (nSPS) is 11.1. The summed E-state index contributed by atoms with van der Waals surface area (Å²) in [4.78, 5) is 11.2. The number of rotatable bonds is 8. The molecule has 0 bridgehead atoms. The topological polar surface area (TPSA) is 50.4 Å². The van der Waals surface area contributed by atoms with Crippen LogP contribution in [0.3, 0.4) is 0 Å². The predicted molar refractivity (Wildman–Crippen MR) is 61.9 cm³/mol. The fourth-order valence-corrected chi connectivity index (χ4v) is 1.09. The van der Waals surface area contributed by atoms with Gasteiger partial charge in [0.1, 0.15) is 0 Å². The van der Waals surface area contributed by atoms with Crippen molar-refractivity contribution in [3.8, 4) is 0 Å². The van der Waals surface area contributed by atoms with E-state index in [0.717, 1.165) is 6.54 Å². The lowest BCUT2D eigenvalue weighted by molar-refractivity contribution is -0.121. The molecule has 0 spiro atoms. The molecule has 15 heavy (non-hydrogen) atoms. The number of carbonyl (C=O) groups excluding carboxylic acids is 1. The van der Waals surface area contributed by atoms with Crippen LogP contribution in [-0.2, 0) is 9.53 Å². The van der Waals surface area contributed by atoms with Gasteiger partial charge < -0.3 is 15.4 Å². The summed E-state index contributed by atoms with van der Waals surface area (Å²) in [6, 6.07) is 0.224. The Balaban J connectivity index is 3.20. The van der Waals surface area contributed by atoms with Crippen molar-refractivity contribution in [1.82, 2.24) is 10.6 Å². The molecule has 1 amide bonds. The van der Waals surface area contributed by atoms with Gasteiger partial charge in [-0.2, -0.15) is 0 Å². The summed E-state index contributed by atoms with van der Waals surface area (Å²) in [6.45, 7) is 10.1. The first-order valence-electron chi connectivity index (χ1n) is 5.64. The van der Waals surface area contributed by atoms with E-state index in [0.29, 0.717) is 19.6 Å². The lowest BCUT2D eigenvalue weighted by Crippen LogP contribution is -2.33. The molecule has 0 unspecified atom stereocenters. The first-order valence-corrected chi connectivity index (χ1v) is 5.64. The van der Waals surface area contributed by atoms with Crippen LogP contribution in [0.2, 0.25) is 0 Å². The number of nitrogens with one attached hydrogen (secondary N) is 2. The van der Waals surface area contributed by atoms with Crippen molar-refractivity contribution < 1.29 is 9.53 Å². The molecular formula is C11H24N2O2. The first-order chi connectivity index (χ1) is 7.02. The van der Waals surface area contributed by atoms with Crippen LogP contribution < -0.4 is 10.6 Å². The zero-order chi connectivity index (χ0) is 11.7. The van der Waals surface area contributed by atoms with Gasteiger partial charge in [-0.05, 0) is 27.7 Å². The third kappa shape index (κ3) is 11.3. The summed E-state index contributed by atoms with van der Waals surface area (Å²) in [5.41, 5.74) is 0. The summed E-state index contributed by atoms with van der Waals surface area (Å²) in [6.07, 6.45) is 0.802.